The third-order valence-electron chi connectivity index (χ3n) is 7.48. The molecule has 2 aliphatic heterocycles. The standard InChI is InChI=1S/C28H36N4O3/c1-3-4-14-29-27(33)32-15-12-23-24-19-22(34-2)10-11-25(24)30-26(23)28(32)13-16-31(20-28)17-18-35-21-8-6-5-7-9-21/h5-11,19,30H,3-4,12-18,20H2,1-2H3,(H,29,33). The Hall–Kier alpha value is -3.19. The number of H-pyrrole nitrogens is 1. The van der Waals surface area contributed by atoms with Gasteiger partial charge in [0.25, 0.3) is 0 Å². The van der Waals surface area contributed by atoms with Crippen LogP contribution in [-0.2, 0) is 12.0 Å². The van der Waals surface area contributed by atoms with E-state index in [1.807, 2.05) is 36.4 Å². The van der Waals surface area contributed by atoms with Gasteiger partial charge in [0.15, 0.2) is 0 Å². The number of ether oxygens (including phenoxy) is 2. The number of urea groups is 1. The molecule has 0 radical (unpaired) electrons. The lowest BCUT2D eigenvalue weighted by atomic mass is 9.84. The van der Waals surface area contributed by atoms with Gasteiger partial charge in [0, 0.05) is 49.3 Å². The highest BCUT2D eigenvalue weighted by molar-refractivity contribution is 5.88. The number of nitrogens with zero attached hydrogens (tertiary/aromatic N) is 2. The molecule has 2 aliphatic rings. The normalized spacial score (nSPS) is 19.8. The van der Waals surface area contributed by atoms with E-state index in [-0.39, 0.29) is 11.6 Å². The summed E-state index contributed by atoms with van der Waals surface area (Å²) in [7, 11) is 1.70. The Kier molecular flexibility index (Phi) is 6.86. The van der Waals surface area contributed by atoms with Gasteiger partial charge in [-0.05, 0) is 55.2 Å². The predicted molar refractivity (Wildman–Crippen MR) is 138 cm³/mol. The van der Waals surface area contributed by atoms with E-state index < -0.39 is 0 Å². The third kappa shape index (κ3) is 4.57. The molecule has 1 aromatic heterocycles. The number of aromatic nitrogens is 1. The summed E-state index contributed by atoms with van der Waals surface area (Å²) in [5.41, 5.74) is 3.24. The van der Waals surface area contributed by atoms with Crippen LogP contribution < -0.4 is 14.8 Å². The topological polar surface area (TPSA) is 69.8 Å². The molecule has 0 bridgehead atoms. The second kappa shape index (κ2) is 10.2. The van der Waals surface area contributed by atoms with Crippen LogP contribution in [0.1, 0.15) is 37.4 Å². The van der Waals surface area contributed by atoms with Gasteiger partial charge in [-0.3, -0.25) is 4.90 Å². The highest BCUT2D eigenvalue weighted by Crippen LogP contribution is 2.45. The number of carbonyl (C=O) groups excluding carboxylic acids is 1. The summed E-state index contributed by atoms with van der Waals surface area (Å²) in [6.07, 6.45) is 3.79. The van der Waals surface area contributed by atoms with Crippen LogP contribution in [0.5, 0.6) is 11.5 Å². The largest absolute Gasteiger partial charge is 0.497 e. The van der Waals surface area contributed by atoms with Gasteiger partial charge in [-0.1, -0.05) is 31.5 Å². The molecule has 5 rings (SSSR count). The van der Waals surface area contributed by atoms with Gasteiger partial charge in [-0.25, -0.2) is 4.79 Å². The minimum atomic E-state index is -0.372. The summed E-state index contributed by atoms with van der Waals surface area (Å²) >= 11 is 0. The van der Waals surface area contributed by atoms with Crippen LogP contribution in [-0.4, -0.2) is 67.3 Å². The van der Waals surface area contributed by atoms with Crippen LogP contribution in [0.25, 0.3) is 10.9 Å². The zero-order chi connectivity index (χ0) is 24.3. The van der Waals surface area contributed by atoms with Crippen LogP contribution in [0.3, 0.4) is 0 Å². The molecule has 1 spiro atoms. The number of para-hydroxylation sites is 1. The van der Waals surface area contributed by atoms with E-state index in [1.165, 1.54) is 16.6 Å². The number of fused-ring (bicyclic) bond motifs is 4. The second-order valence-corrected chi connectivity index (χ2v) is 9.60. The molecule has 186 valence electrons. The molecule has 7 nitrogen and oxygen atoms in total. The quantitative estimate of drug-likeness (QED) is 0.469. The van der Waals surface area contributed by atoms with Crippen molar-refractivity contribution in [3.63, 3.8) is 0 Å². The summed E-state index contributed by atoms with van der Waals surface area (Å²) in [5, 5.41) is 4.38. The van der Waals surface area contributed by atoms with E-state index in [2.05, 4.69) is 39.2 Å². The molecule has 0 saturated carbocycles. The fraction of sp³-hybridized carbons (Fsp3) is 0.464. The molecule has 7 heteroatoms. The van der Waals surface area contributed by atoms with E-state index in [1.54, 1.807) is 7.11 Å². The van der Waals surface area contributed by atoms with Gasteiger partial charge in [0.1, 0.15) is 18.1 Å². The first-order valence-corrected chi connectivity index (χ1v) is 12.8. The Labute approximate surface area is 207 Å². The van der Waals surface area contributed by atoms with Crippen molar-refractivity contribution in [1.82, 2.24) is 20.1 Å². The van der Waals surface area contributed by atoms with Crippen molar-refractivity contribution in [2.24, 2.45) is 0 Å². The Bertz CT molecular complexity index is 1160. The van der Waals surface area contributed by atoms with E-state index >= 15 is 0 Å². The summed E-state index contributed by atoms with van der Waals surface area (Å²) in [4.78, 5) is 21.6. The first-order chi connectivity index (χ1) is 17.1. The SMILES string of the molecule is CCCCNC(=O)N1CCc2c([nH]c3ccc(OC)cc23)C12CCN(CCOc1ccccc1)C2. The zero-order valence-electron chi connectivity index (χ0n) is 20.8. The molecular weight excluding hydrogens is 440 g/mol. The number of aromatic amines is 1. The van der Waals surface area contributed by atoms with E-state index in [4.69, 9.17) is 9.47 Å². The molecule has 3 heterocycles. The number of amides is 2. The number of nitrogens with one attached hydrogen (secondary N) is 2. The van der Waals surface area contributed by atoms with Crippen molar-refractivity contribution in [1.29, 1.82) is 0 Å². The maximum atomic E-state index is 13.4. The van der Waals surface area contributed by atoms with Crippen molar-refractivity contribution in [3.8, 4) is 11.5 Å². The lowest BCUT2D eigenvalue weighted by molar-refractivity contribution is 0.0989. The molecule has 2 aromatic carbocycles. The highest BCUT2D eigenvalue weighted by Gasteiger charge is 2.50. The van der Waals surface area contributed by atoms with Crippen LogP contribution >= 0.6 is 0 Å². The van der Waals surface area contributed by atoms with Gasteiger partial charge in [-0.2, -0.15) is 0 Å². The molecule has 2 amide bonds. The molecule has 1 unspecified atom stereocenters. The first-order valence-electron chi connectivity index (χ1n) is 12.8. The first kappa shape index (κ1) is 23.5. The fourth-order valence-corrected chi connectivity index (χ4v) is 5.64. The average Bonchev–Trinajstić information content (AvgIpc) is 3.47. The van der Waals surface area contributed by atoms with E-state index in [0.717, 1.165) is 62.3 Å². The van der Waals surface area contributed by atoms with Gasteiger partial charge in [0.2, 0.25) is 0 Å². The monoisotopic (exact) mass is 476 g/mol. The maximum absolute atomic E-state index is 13.4. The lowest BCUT2D eigenvalue weighted by Gasteiger charge is -2.44. The minimum absolute atomic E-state index is 0.0442. The third-order valence-corrected chi connectivity index (χ3v) is 7.48. The van der Waals surface area contributed by atoms with Crippen molar-refractivity contribution in [2.45, 2.75) is 38.1 Å². The fourth-order valence-electron chi connectivity index (χ4n) is 5.64. The van der Waals surface area contributed by atoms with Crippen molar-refractivity contribution in [3.05, 3.63) is 59.8 Å². The molecule has 1 atom stereocenters. The van der Waals surface area contributed by atoms with Crippen LogP contribution in [0, 0.1) is 0 Å². The zero-order valence-corrected chi connectivity index (χ0v) is 20.8. The smallest absolute Gasteiger partial charge is 0.318 e. The molecular formula is C28H36N4O3. The van der Waals surface area contributed by atoms with Gasteiger partial charge in [-0.15, -0.1) is 0 Å². The predicted octanol–water partition coefficient (Wildman–Crippen LogP) is 4.52. The minimum Gasteiger partial charge on any atom is -0.497 e. The number of likely N-dealkylation sites (tertiary alicyclic amines) is 1. The van der Waals surface area contributed by atoms with Crippen LogP contribution in [0.4, 0.5) is 4.79 Å². The number of carbonyl (C=O) groups is 1. The van der Waals surface area contributed by atoms with Gasteiger partial charge < -0.3 is 24.7 Å². The number of hydrogen-bond donors (Lipinski definition) is 2. The summed E-state index contributed by atoms with van der Waals surface area (Å²) < 4.78 is 11.5. The highest BCUT2D eigenvalue weighted by atomic mass is 16.5. The van der Waals surface area contributed by atoms with Crippen LogP contribution in [0.15, 0.2) is 48.5 Å². The Morgan fingerprint density at radius 1 is 1.14 bits per heavy atom. The molecule has 2 N–H and O–H groups in total. The van der Waals surface area contributed by atoms with Gasteiger partial charge in [0.05, 0.1) is 12.6 Å². The molecule has 1 saturated heterocycles. The van der Waals surface area contributed by atoms with Crippen molar-refractivity contribution in [2.75, 3.05) is 46.4 Å². The van der Waals surface area contributed by atoms with E-state index in [9.17, 15) is 4.79 Å². The molecule has 35 heavy (non-hydrogen) atoms. The number of benzene rings is 2. The molecule has 0 aliphatic carbocycles. The Morgan fingerprint density at radius 3 is 2.80 bits per heavy atom. The molecule has 3 aromatic rings. The number of methoxy groups -OCH3 is 1. The Morgan fingerprint density at radius 2 is 2.00 bits per heavy atom. The summed E-state index contributed by atoms with van der Waals surface area (Å²) in [6.45, 7) is 6.74. The summed E-state index contributed by atoms with van der Waals surface area (Å²) in [5.74, 6) is 1.75. The van der Waals surface area contributed by atoms with E-state index in [0.29, 0.717) is 19.7 Å². The Balaban J connectivity index is 1.41. The van der Waals surface area contributed by atoms with Crippen molar-refractivity contribution < 1.29 is 14.3 Å². The number of unbranched alkanes of at least 4 members (excludes halogenated alkanes) is 1. The summed E-state index contributed by atoms with van der Waals surface area (Å²) in [6, 6.07) is 16.2. The number of hydrogen-bond acceptors (Lipinski definition) is 4. The second-order valence-electron chi connectivity index (χ2n) is 9.60. The number of rotatable bonds is 8. The van der Waals surface area contributed by atoms with Crippen molar-refractivity contribution >= 4 is 16.9 Å². The van der Waals surface area contributed by atoms with Gasteiger partial charge >= 0.3 is 6.03 Å². The maximum Gasteiger partial charge on any atom is 0.318 e. The molecule has 1 fully saturated rings. The average molecular weight is 477 g/mol. The lowest BCUT2D eigenvalue weighted by Crippen LogP contribution is -2.58. The van der Waals surface area contributed by atoms with Crippen LogP contribution in [0.2, 0.25) is 0 Å².